The molecule has 2 aromatic carbocycles. The number of anilines is 1. The Labute approximate surface area is 173 Å². The van der Waals surface area contributed by atoms with E-state index < -0.39 is 0 Å². The molecule has 5 nitrogen and oxygen atoms in total. The fourth-order valence-electron chi connectivity index (χ4n) is 3.52. The smallest absolute Gasteiger partial charge is 0.265 e. The third-order valence-corrected chi connectivity index (χ3v) is 5.33. The molecule has 0 fully saturated rings. The summed E-state index contributed by atoms with van der Waals surface area (Å²) < 4.78 is 5.64. The Kier molecular flexibility index (Phi) is 5.96. The molecule has 0 saturated carbocycles. The number of hydrogen-bond acceptors (Lipinski definition) is 3. The van der Waals surface area contributed by atoms with Crippen LogP contribution in [0.1, 0.15) is 56.1 Å². The van der Waals surface area contributed by atoms with E-state index in [4.69, 9.17) is 4.74 Å². The monoisotopic (exact) mass is 394 g/mol. The molecule has 0 saturated heterocycles. The zero-order valence-corrected chi connectivity index (χ0v) is 18.0. The van der Waals surface area contributed by atoms with Gasteiger partial charge in [-0.1, -0.05) is 39.0 Å². The van der Waals surface area contributed by atoms with Crippen molar-refractivity contribution in [1.82, 2.24) is 4.90 Å². The Balaban J connectivity index is 1.92. The molecular formula is C24H30N2O3. The molecule has 5 heteroatoms. The van der Waals surface area contributed by atoms with E-state index in [9.17, 15) is 9.59 Å². The summed E-state index contributed by atoms with van der Waals surface area (Å²) in [6, 6.07) is 13.6. The molecule has 29 heavy (non-hydrogen) atoms. The van der Waals surface area contributed by atoms with Gasteiger partial charge in [0.25, 0.3) is 11.8 Å². The van der Waals surface area contributed by atoms with E-state index in [-0.39, 0.29) is 23.8 Å². The van der Waals surface area contributed by atoms with E-state index >= 15 is 0 Å². The fourth-order valence-corrected chi connectivity index (χ4v) is 3.52. The highest BCUT2D eigenvalue weighted by Gasteiger charge is 2.28. The largest absolute Gasteiger partial charge is 0.482 e. The molecular weight excluding hydrogens is 364 g/mol. The van der Waals surface area contributed by atoms with Crippen LogP contribution in [0.4, 0.5) is 5.69 Å². The Bertz CT molecular complexity index is 911. The van der Waals surface area contributed by atoms with Crippen molar-refractivity contribution in [3.63, 3.8) is 0 Å². The predicted octanol–water partition coefficient (Wildman–Crippen LogP) is 4.39. The van der Waals surface area contributed by atoms with Gasteiger partial charge in [-0.05, 0) is 54.7 Å². The van der Waals surface area contributed by atoms with Gasteiger partial charge < -0.3 is 14.5 Å². The molecule has 2 aromatic rings. The minimum absolute atomic E-state index is 0.0144. The maximum atomic E-state index is 12.7. The molecule has 0 bridgehead atoms. The van der Waals surface area contributed by atoms with Crippen LogP contribution in [-0.4, -0.2) is 36.4 Å². The van der Waals surface area contributed by atoms with Crippen LogP contribution in [0, 0.1) is 0 Å². The molecule has 0 atom stereocenters. The maximum Gasteiger partial charge on any atom is 0.265 e. The molecule has 0 unspecified atom stereocenters. The van der Waals surface area contributed by atoms with Crippen molar-refractivity contribution in [2.75, 3.05) is 24.6 Å². The average Bonchev–Trinajstić information content (AvgIpc) is 2.70. The highest BCUT2D eigenvalue weighted by Crippen LogP contribution is 2.37. The van der Waals surface area contributed by atoms with Gasteiger partial charge in [-0.2, -0.15) is 0 Å². The Hall–Kier alpha value is -2.82. The number of benzene rings is 2. The fraction of sp³-hybridized carbons (Fsp3) is 0.417. The summed E-state index contributed by atoms with van der Waals surface area (Å²) in [5, 5.41) is 0. The van der Waals surface area contributed by atoms with Crippen LogP contribution >= 0.6 is 0 Å². The van der Waals surface area contributed by atoms with E-state index in [2.05, 4.69) is 26.8 Å². The number of rotatable bonds is 5. The lowest BCUT2D eigenvalue weighted by Crippen LogP contribution is -2.38. The summed E-state index contributed by atoms with van der Waals surface area (Å²) in [5.41, 5.74) is 3.47. The third-order valence-electron chi connectivity index (χ3n) is 5.33. The van der Waals surface area contributed by atoms with Crippen molar-refractivity contribution in [1.29, 1.82) is 0 Å². The third kappa shape index (κ3) is 4.44. The van der Waals surface area contributed by atoms with Crippen LogP contribution in [0.3, 0.4) is 0 Å². The van der Waals surface area contributed by atoms with Crippen LogP contribution in [0.2, 0.25) is 0 Å². The van der Waals surface area contributed by atoms with Gasteiger partial charge in [-0.25, -0.2) is 0 Å². The standard InChI is InChI=1S/C24H30N2O3/c1-6-25(7-2)23(28)18-10-8-9-17(13-18)15-26-20-14-19(24(3,4)5)11-12-21(20)29-16-22(26)27/h8-14H,6-7,15-16H2,1-5H3. The van der Waals surface area contributed by atoms with Crippen molar-refractivity contribution in [3.8, 4) is 5.75 Å². The van der Waals surface area contributed by atoms with E-state index in [1.165, 1.54) is 0 Å². The van der Waals surface area contributed by atoms with Crippen LogP contribution < -0.4 is 9.64 Å². The molecule has 0 N–H and O–H groups in total. The quantitative estimate of drug-likeness (QED) is 0.756. The molecule has 1 aliphatic rings. The number of amides is 2. The summed E-state index contributed by atoms with van der Waals surface area (Å²) in [7, 11) is 0. The minimum Gasteiger partial charge on any atom is -0.482 e. The topological polar surface area (TPSA) is 49.9 Å². The van der Waals surface area contributed by atoms with Gasteiger partial charge in [0.15, 0.2) is 6.61 Å². The van der Waals surface area contributed by atoms with Gasteiger partial charge >= 0.3 is 0 Å². The summed E-state index contributed by atoms with van der Waals surface area (Å²) in [4.78, 5) is 28.9. The number of carbonyl (C=O) groups is 2. The maximum absolute atomic E-state index is 12.7. The van der Waals surface area contributed by atoms with Gasteiger partial charge in [0, 0.05) is 18.7 Å². The predicted molar refractivity (Wildman–Crippen MR) is 116 cm³/mol. The number of carbonyl (C=O) groups excluding carboxylic acids is 2. The van der Waals surface area contributed by atoms with Gasteiger partial charge in [-0.3, -0.25) is 9.59 Å². The summed E-state index contributed by atoms with van der Waals surface area (Å²) in [6.45, 7) is 12.2. The van der Waals surface area contributed by atoms with E-state index in [0.717, 1.165) is 16.8 Å². The van der Waals surface area contributed by atoms with Crippen molar-refractivity contribution in [3.05, 3.63) is 59.2 Å². The Morgan fingerprint density at radius 3 is 2.48 bits per heavy atom. The van der Waals surface area contributed by atoms with E-state index in [1.54, 1.807) is 9.80 Å². The first-order chi connectivity index (χ1) is 13.7. The lowest BCUT2D eigenvalue weighted by atomic mass is 9.86. The molecule has 0 spiro atoms. The minimum atomic E-state index is -0.0796. The SMILES string of the molecule is CCN(CC)C(=O)c1cccc(CN2C(=O)COc3ccc(C(C)(C)C)cc32)c1. The van der Waals surface area contributed by atoms with E-state index in [0.29, 0.717) is 30.9 Å². The molecule has 3 rings (SSSR count). The van der Waals surface area contributed by atoms with Gasteiger partial charge in [0.1, 0.15) is 5.75 Å². The number of hydrogen-bond donors (Lipinski definition) is 0. The normalized spacial score (nSPS) is 13.7. The first-order valence-electron chi connectivity index (χ1n) is 10.2. The van der Waals surface area contributed by atoms with Crippen LogP contribution in [0.25, 0.3) is 0 Å². The highest BCUT2D eigenvalue weighted by atomic mass is 16.5. The molecule has 1 aliphatic heterocycles. The summed E-state index contributed by atoms with van der Waals surface area (Å²) in [6.07, 6.45) is 0. The second-order valence-corrected chi connectivity index (χ2v) is 8.38. The molecule has 1 heterocycles. The van der Waals surface area contributed by atoms with Crippen molar-refractivity contribution >= 4 is 17.5 Å². The second kappa shape index (κ2) is 8.27. The van der Waals surface area contributed by atoms with Crippen molar-refractivity contribution < 1.29 is 14.3 Å². The van der Waals surface area contributed by atoms with Crippen LogP contribution in [0.15, 0.2) is 42.5 Å². The first-order valence-corrected chi connectivity index (χ1v) is 10.2. The van der Waals surface area contributed by atoms with E-state index in [1.807, 2.05) is 50.2 Å². The van der Waals surface area contributed by atoms with Gasteiger partial charge in [0.05, 0.1) is 12.2 Å². The lowest BCUT2D eigenvalue weighted by Gasteiger charge is -2.31. The molecule has 0 aromatic heterocycles. The molecule has 0 radical (unpaired) electrons. The Morgan fingerprint density at radius 1 is 1.10 bits per heavy atom. The highest BCUT2D eigenvalue weighted by molar-refractivity contribution is 5.98. The summed E-state index contributed by atoms with van der Waals surface area (Å²) >= 11 is 0. The Morgan fingerprint density at radius 2 is 1.83 bits per heavy atom. The zero-order valence-electron chi connectivity index (χ0n) is 18.0. The van der Waals surface area contributed by atoms with Crippen LogP contribution in [-0.2, 0) is 16.8 Å². The van der Waals surface area contributed by atoms with Gasteiger partial charge in [0.2, 0.25) is 0 Å². The van der Waals surface area contributed by atoms with Gasteiger partial charge in [-0.15, -0.1) is 0 Å². The number of ether oxygens (including phenoxy) is 1. The summed E-state index contributed by atoms with van der Waals surface area (Å²) in [5.74, 6) is 0.651. The lowest BCUT2D eigenvalue weighted by molar-refractivity contribution is -0.121. The zero-order chi connectivity index (χ0) is 21.2. The van der Waals surface area contributed by atoms with Crippen molar-refractivity contribution in [2.45, 2.75) is 46.6 Å². The number of nitrogens with zero attached hydrogens (tertiary/aromatic N) is 2. The molecule has 154 valence electrons. The number of fused-ring (bicyclic) bond motifs is 1. The average molecular weight is 395 g/mol. The second-order valence-electron chi connectivity index (χ2n) is 8.38. The van der Waals surface area contributed by atoms with Crippen LogP contribution in [0.5, 0.6) is 5.75 Å². The molecule has 2 amide bonds. The van der Waals surface area contributed by atoms with Crippen molar-refractivity contribution in [2.24, 2.45) is 0 Å². The molecule has 0 aliphatic carbocycles. The first kappa shape index (κ1) is 20.9.